The van der Waals surface area contributed by atoms with Crippen LogP contribution in [0.2, 0.25) is 15.1 Å². The summed E-state index contributed by atoms with van der Waals surface area (Å²) in [7, 11) is 0. The zero-order valence-electron chi connectivity index (χ0n) is 11.1. The Kier molecular flexibility index (Phi) is 5.34. The number of hydrogen-bond acceptors (Lipinski definition) is 2. The highest BCUT2D eigenvalue weighted by molar-refractivity contribution is 6.39. The molecule has 0 saturated heterocycles. The molecule has 0 heterocycles. The largest absolute Gasteiger partial charge is 0.479 e. The molecule has 2 aromatic carbocycles. The molecular formula is C15H12Cl3NO2. The van der Waals surface area contributed by atoms with Gasteiger partial charge in [-0.15, -0.1) is 0 Å². The molecule has 2 aromatic rings. The van der Waals surface area contributed by atoms with Crippen molar-refractivity contribution in [2.45, 2.75) is 13.0 Å². The zero-order chi connectivity index (χ0) is 15.4. The molecule has 6 heteroatoms. The summed E-state index contributed by atoms with van der Waals surface area (Å²) in [4.78, 5) is 12.1. The Bertz CT molecular complexity index is 641. The summed E-state index contributed by atoms with van der Waals surface area (Å²) in [5.41, 5.74) is 0.362. The van der Waals surface area contributed by atoms with Gasteiger partial charge in [0.1, 0.15) is 5.75 Å². The molecule has 0 spiro atoms. The van der Waals surface area contributed by atoms with Gasteiger partial charge in [0.15, 0.2) is 6.10 Å². The third kappa shape index (κ3) is 4.03. The molecule has 0 fully saturated rings. The van der Waals surface area contributed by atoms with E-state index in [9.17, 15) is 4.79 Å². The van der Waals surface area contributed by atoms with Gasteiger partial charge in [-0.3, -0.25) is 4.79 Å². The fourth-order valence-corrected chi connectivity index (χ4v) is 2.30. The van der Waals surface area contributed by atoms with Crippen molar-refractivity contribution in [1.29, 1.82) is 0 Å². The van der Waals surface area contributed by atoms with Crippen LogP contribution in [0.15, 0.2) is 42.5 Å². The molecule has 3 nitrogen and oxygen atoms in total. The lowest BCUT2D eigenvalue weighted by molar-refractivity contribution is -0.122. The molecule has 110 valence electrons. The van der Waals surface area contributed by atoms with E-state index in [-0.39, 0.29) is 5.91 Å². The predicted molar refractivity (Wildman–Crippen MR) is 86.6 cm³/mol. The summed E-state index contributed by atoms with van der Waals surface area (Å²) in [6.07, 6.45) is -0.753. The van der Waals surface area contributed by atoms with Crippen LogP contribution in [-0.2, 0) is 4.79 Å². The Labute approximate surface area is 137 Å². The third-order valence-electron chi connectivity index (χ3n) is 2.72. The number of benzene rings is 2. The second kappa shape index (κ2) is 7.03. The van der Waals surface area contributed by atoms with Gasteiger partial charge in [0.2, 0.25) is 0 Å². The Balaban J connectivity index is 2.08. The smallest absolute Gasteiger partial charge is 0.265 e. The molecule has 0 aliphatic rings. The second-order valence-corrected chi connectivity index (χ2v) is 5.50. The van der Waals surface area contributed by atoms with E-state index in [2.05, 4.69) is 5.32 Å². The van der Waals surface area contributed by atoms with Crippen molar-refractivity contribution in [3.8, 4) is 5.75 Å². The number of carbonyl (C=O) groups is 1. The average Bonchev–Trinajstić information content (AvgIpc) is 2.45. The van der Waals surface area contributed by atoms with Crippen LogP contribution in [0.3, 0.4) is 0 Å². The summed E-state index contributed by atoms with van der Waals surface area (Å²) in [5.74, 6) is 0.0667. The second-order valence-electron chi connectivity index (χ2n) is 4.28. The number of amides is 1. The van der Waals surface area contributed by atoms with E-state index in [0.717, 1.165) is 0 Å². The molecule has 1 atom stereocenters. The monoisotopic (exact) mass is 343 g/mol. The SMILES string of the molecule is CC(Oc1ccccc1Cl)C(=O)Nc1c(Cl)cccc1Cl. The third-order valence-corrected chi connectivity index (χ3v) is 3.66. The van der Waals surface area contributed by atoms with Crippen molar-refractivity contribution in [2.24, 2.45) is 0 Å². The van der Waals surface area contributed by atoms with Gasteiger partial charge < -0.3 is 10.1 Å². The Hall–Kier alpha value is -1.42. The summed E-state index contributed by atoms with van der Waals surface area (Å²) in [6.45, 7) is 1.61. The van der Waals surface area contributed by atoms with E-state index in [0.29, 0.717) is 26.5 Å². The van der Waals surface area contributed by atoms with Gasteiger partial charge in [0, 0.05) is 0 Å². The summed E-state index contributed by atoms with van der Waals surface area (Å²) >= 11 is 18.0. The van der Waals surface area contributed by atoms with Crippen LogP contribution in [0.5, 0.6) is 5.75 Å². The van der Waals surface area contributed by atoms with E-state index in [1.54, 1.807) is 49.4 Å². The number of hydrogen-bond donors (Lipinski definition) is 1. The summed E-state index contributed by atoms with van der Waals surface area (Å²) in [5, 5.41) is 3.81. The van der Waals surface area contributed by atoms with Crippen molar-refractivity contribution in [3.63, 3.8) is 0 Å². The molecule has 1 unspecified atom stereocenters. The number of anilines is 1. The first-order chi connectivity index (χ1) is 9.99. The summed E-state index contributed by atoms with van der Waals surface area (Å²) in [6, 6.07) is 11.9. The van der Waals surface area contributed by atoms with Crippen molar-refractivity contribution in [2.75, 3.05) is 5.32 Å². The average molecular weight is 345 g/mol. The molecule has 0 aliphatic carbocycles. The fourth-order valence-electron chi connectivity index (χ4n) is 1.63. The van der Waals surface area contributed by atoms with E-state index in [4.69, 9.17) is 39.5 Å². The standard InChI is InChI=1S/C15H12Cl3NO2/c1-9(21-13-8-3-2-5-10(13)16)15(20)19-14-11(17)6-4-7-12(14)18/h2-9H,1H3,(H,19,20). The molecule has 0 saturated carbocycles. The van der Waals surface area contributed by atoms with Crippen LogP contribution in [0.25, 0.3) is 0 Å². The lowest BCUT2D eigenvalue weighted by Crippen LogP contribution is -2.30. The lowest BCUT2D eigenvalue weighted by atomic mass is 10.3. The predicted octanol–water partition coefficient (Wildman–Crippen LogP) is 5.05. The molecule has 1 amide bonds. The van der Waals surface area contributed by atoms with Crippen molar-refractivity contribution in [3.05, 3.63) is 57.5 Å². The Morgan fingerprint density at radius 1 is 1.00 bits per heavy atom. The van der Waals surface area contributed by atoms with Gasteiger partial charge in [0.05, 0.1) is 20.8 Å². The first-order valence-electron chi connectivity index (χ1n) is 6.15. The van der Waals surface area contributed by atoms with Gasteiger partial charge in [-0.2, -0.15) is 0 Å². The highest BCUT2D eigenvalue weighted by Crippen LogP contribution is 2.30. The number of ether oxygens (including phenoxy) is 1. The minimum absolute atomic E-state index is 0.362. The van der Waals surface area contributed by atoms with E-state index in [1.165, 1.54) is 0 Å². The van der Waals surface area contributed by atoms with Crippen LogP contribution in [0, 0.1) is 0 Å². The number of halogens is 3. The molecule has 0 aliphatic heterocycles. The molecule has 0 radical (unpaired) electrons. The van der Waals surface area contributed by atoms with Gasteiger partial charge in [-0.1, -0.05) is 53.0 Å². The van der Waals surface area contributed by atoms with Gasteiger partial charge >= 0.3 is 0 Å². The maximum Gasteiger partial charge on any atom is 0.265 e. The first-order valence-corrected chi connectivity index (χ1v) is 7.28. The highest BCUT2D eigenvalue weighted by atomic mass is 35.5. The lowest BCUT2D eigenvalue weighted by Gasteiger charge is -2.16. The maximum atomic E-state index is 12.1. The van der Waals surface area contributed by atoms with Crippen LogP contribution >= 0.6 is 34.8 Å². The molecule has 1 N–H and O–H groups in total. The molecule has 0 bridgehead atoms. The molecular weight excluding hydrogens is 333 g/mol. The van der Waals surface area contributed by atoms with Crippen LogP contribution in [0.4, 0.5) is 5.69 Å². The summed E-state index contributed by atoms with van der Waals surface area (Å²) < 4.78 is 5.53. The zero-order valence-corrected chi connectivity index (χ0v) is 13.3. The van der Waals surface area contributed by atoms with Crippen LogP contribution < -0.4 is 10.1 Å². The fraction of sp³-hybridized carbons (Fsp3) is 0.133. The Morgan fingerprint density at radius 3 is 2.19 bits per heavy atom. The van der Waals surface area contributed by atoms with Gasteiger partial charge in [0.25, 0.3) is 5.91 Å². The Morgan fingerprint density at radius 2 is 1.57 bits per heavy atom. The quantitative estimate of drug-likeness (QED) is 0.842. The van der Waals surface area contributed by atoms with E-state index < -0.39 is 6.10 Å². The van der Waals surface area contributed by atoms with E-state index in [1.807, 2.05) is 0 Å². The van der Waals surface area contributed by atoms with Crippen molar-refractivity contribution < 1.29 is 9.53 Å². The first kappa shape index (κ1) is 16.0. The van der Waals surface area contributed by atoms with Crippen molar-refractivity contribution in [1.82, 2.24) is 0 Å². The number of para-hydroxylation sites is 2. The topological polar surface area (TPSA) is 38.3 Å². The van der Waals surface area contributed by atoms with E-state index >= 15 is 0 Å². The van der Waals surface area contributed by atoms with Crippen molar-refractivity contribution >= 4 is 46.4 Å². The number of rotatable bonds is 4. The minimum atomic E-state index is -0.753. The number of carbonyl (C=O) groups excluding carboxylic acids is 1. The highest BCUT2D eigenvalue weighted by Gasteiger charge is 2.18. The van der Waals surface area contributed by atoms with Gasteiger partial charge in [-0.05, 0) is 31.2 Å². The molecule has 2 rings (SSSR count). The number of nitrogens with one attached hydrogen (secondary N) is 1. The minimum Gasteiger partial charge on any atom is -0.479 e. The van der Waals surface area contributed by atoms with Crippen LogP contribution in [0.1, 0.15) is 6.92 Å². The normalized spacial score (nSPS) is 11.8. The molecule has 21 heavy (non-hydrogen) atoms. The van der Waals surface area contributed by atoms with Crippen LogP contribution in [-0.4, -0.2) is 12.0 Å². The maximum absolute atomic E-state index is 12.1. The van der Waals surface area contributed by atoms with Gasteiger partial charge in [-0.25, -0.2) is 0 Å². The molecule has 0 aromatic heterocycles.